The van der Waals surface area contributed by atoms with E-state index in [1.165, 1.54) is 15.4 Å². The molecule has 0 spiro atoms. The molecule has 156 valence electrons. The minimum absolute atomic E-state index is 0.150. The van der Waals surface area contributed by atoms with Crippen molar-refractivity contribution >= 4 is 16.1 Å². The average Bonchev–Trinajstić information content (AvgIpc) is 2.73. The van der Waals surface area contributed by atoms with Crippen molar-refractivity contribution in [2.45, 2.75) is 31.1 Å². The number of nitrogens with zero attached hydrogens (tertiary/aromatic N) is 2. The summed E-state index contributed by atoms with van der Waals surface area (Å²) in [6.45, 7) is 8.16. The maximum Gasteiger partial charge on any atom is 0.317 e. The highest BCUT2D eigenvalue weighted by atomic mass is 32.2. The van der Waals surface area contributed by atoms with Gasteiger partial charge in [-0.25, -0.2) is 13.2 Å². The van der Waals surface area contributed by atoms with Gasteiger partial charge in [0, 0.05) is 38.1 Å². The molecule has 7 heteroatoms. The fourth-order valence-corrected chi connectivity index (χ4v) is 5.15. The first-order valence-electron chi connectivity index (χ1n) is 9.86. The molecule has 1 aliphatic rings. The average molecular weight is 416 g/mol. The lowest BCUT2D eigenvalue weighted by Crippen LogP contribution is -2.54. The van der Waals surface area contributed by atoms with Gasteiger partial charge in [-0.1, -0.05) is 56.3 Å². The molecule has 0 radical (unpaired) electrons. The van der Waals surface area contributed by atoms with Crippen LogP contribution in [0.3, 0.4) is 0 Å². The second-order valence-corrected chi connectivity index (χ2v) is 10.00. The zero-order valence-electron chi connectivity index (χ0n) is 17.3. The van der Waals surface area contributed by atoms with Crippen LogP contribution in [0.4, 0.5) is 4.79 Å². The number of hydrogen-bond acceptors (Lipinski definition) is 3. The predicted octanol–water partition coefficient (Wildman–Crippen LogP) is 2.99. The Bertz CT molecular complexity index is 950. The molecule has 0 aromatic heterocycles. The molecule has 1 aliphatic heterocycles. The molecule has 6 nitrogen and oxygen atoms in total. The summed E-state index contributed by atoms with van der Waals surface area (Å²) in [7, 11) is -3.51. The Kier molecular flexibility index (Phi) is 6.29. The molecule has 29 heavy (non-hydrogen) atoms. The molecule has 0 bridgehead atoms. The molecule has 3 rings (SSSR count). The third-order valence-corrected chi connectivity index (χ3v) is 7.38. The van der Waals surface area contributed by atoms with Crippen LogP contribution in [-0.4, -0.2) is 56.4 Å². The number of benzene rings is 2. The van der Waals surface area contributed by atoms with Crippen LogP contribution in [0.25, 0.3) is 0 Å². The third-order valence-electron chi connectivity index (χ3n) is 5.46. The van der Waals surface area contributed by atoms with Crippen LogP contribution in [0, 0.1) is 6.92 Å². The fourth-order valence-electron chi connectivity index (χ4n) is 3.71. The molecular weight excluding hydrogens is 386 g/mol. The first-order chi connectivity index (χ1) is 13.7. The summed E-state index contributed by atoms with van der Waals surface area (Å²) in [5, 5.41) is 3.02. The van der Waals surface area contributed by atoms with Crippen LogP contribution >= 0.6 is 0 Å². The van der Waals surface area contributed by atoms with E-state index in [-0.39, 0.29) is 16.3 Å². The van der Waals surface area contributed by atoms with Crippen LogP contribution in [-0.2, 0) is 15.4 Å². The molecule has 0 saturated carbocycles. The molecule has 1 heterocycles. The Morgan fingerprint density at radius 2 is 1.55 bits per heavy atom. The second kappa shape index (κ2) is 8.55. The number of piperazine rings is 1. The van der Waals surface area contributed by atoms with Crippen LogP contribution in [0.15, 0.2) is 59.5 Å². The standard InChI is InChI=1S/C22H29N3O3S/c1-18-9-7-8-12-20(18)22(2,3)17-23-21(26)24-13-15-25(16-14-24)29(27,28)19-10-5-4-6-11-19/h4-12H,13-17H2,1-3H3,(H,23,26). The number of urea groups is 1. The van der Waals surface area contributed by atoms with Gasteiger partial charge in [-0.3, -0.25) is 0 Å². The summed E-state index contributed by atoms with van der Waals surface area (Å²) in [6.07, 6.45) is 0. The summed E-state index contributed by atoms with van der Waals surface area (Å²) < 4.78 is 26.9. The molecule has 2 aromatic carbocycles. The van der Waals surface area contributed by atoms with Gasteiger partial charge in [0.2, 0.25) is 10.0 Å². The van der Waals surface area contributed by atoms with E-state index in [9.17, 15) is 13.2 Å². The van der Waals surface area contributed by atoms with Gasteiger partial charge in [0.15, 0.2) is 0 Å². The highest BCUT2D eigenvalue weighted by Crippen LogP contribution is 2.25. The van der Waals surface area contributed by atoms with E-state index in [0.717, 1.165) is 0 Å². The predicted molar refractivity (Wildman–Crippen MR) is 114 cm³/mol. The van der Waals surface area contributed by atoms with Crippen molar-refractivity contribution in [2.75, 3.05) is 32.7 Å². The maximum atomic E-state index is 12.7. The van der Waals surface area contributed by atoms with Crippen molar-refractivity contribution in [1.29, 1.82) is 0 Å². The first kappa shape index (κ1) is 21.3. The van der Waals surface area contributed by atoms with Gasteiger partial charge in [0.05, 0.1) is 4.90 Å². The number of amides is 2. The van der Waals surface area contributed by atoms with E-state index in [0.29, 0.717) is 32.7 Å². The minimum Gasteiger partial charge on any atom is -0.337 e. The first-order valence-corrected chi connectivity index (χ1v) is 11.3. The van der Waals surface area contributed by atoms with Gasteiger partial charge in [-0.05, 0) is 30.2 Å². The Labute approximate surface area is 173 Å². The molecule has 1 N–H and O–H groups in total. The molecule has 2 aromatic rings. The molecule has 0 unspecified atom stereocenters. The lowest BCUT2D eigenvalue weighted by molar-refractivity contribution is 0.170. The van der Waals surface area contributed by atoms with Gasteiger partial charge < -0.3 is 10.2 Å². The van der Waals surface area contributed by atoms with Crippen LogP contribution in [0.1, 0.15) is 25.0 Å². The van der Waals surface area contributed by atoms with E-state index in [4.69, 9.17) is 0 Å². The van der Waals surface area contributed by atoms with E-state index >= 15 is 0 Å². The molecular formula is C22H29N3O3S. The van der Waals surface area contributed by atoms with Gasteiger partial charge in [-0.2, -0.15) is 4.31 Å². The Morgan fingerprint density at radius 1 is 0.966 bits per heavy atom. The second-order valence-electron chi connectivity index (χ2n) is 8.06. The quantitative estimate of drug-likeness (QED) is 0.816. The number of hydrogen-bond donors (Lipinski definition) is 1. The number of carbonyl (C=O) groups is 1. The van der Waals surface area contributed by atoms with Crippen molar-refractivity contribution in [1.82, 2.24) is 14.5 Å². The Hall–Kier alpha value is -2.38. The van der Waals surface area contributed by atoms with Gasteiger partial charge in [0.1, 0.15) is 0 Å². The van der Waals surface area contributed by atoms with Gasteiger partial charge in [0.25, 0.3) is 0 Å². The van der Waals surface area contributed by atoms with E-state index in [2.05, 4.69) is 38.2 Å². The third kappa shape index (κ3) is 4.79. The highest BCUT2D eigenvalue weighted by Gasteiger charge is 2.31. The molecule has 1 fully saturated rings. The lowest BCUT2D eigenvalue weighted by Gasteiger charge is -2.35. The van der Waals surface area contributed by atoms with Crippen molar-refractivity contribution in [2.24, 2.45) is 0 Å². The van der Waals surface area contributed by atoms with E-state index < -0.39 is 10.0 Å². The van der Waals surface area contributed by atoms with Crippen molar-refractivity contribution in [3.8, 4) is 0 Å². The minimum atomic E-state index is -3.51. The van der Waals surface area contributed by atoms with Crippen LogP contribution < -0.4 is 5.32 Å². The van der Waals surface area contributed by atoms with Gasteiger partial charge in [-0.15, -0.1) is 0 Å². The molecule has 2 amide bonds. The van der Waals surface area contributed by atoms with Crippen LogP contribution in [0.5, 0.6) is 0 Å². The monoisotopic (exact) mass is 415 g/mol. The fraction of sp³-hybridized carbons (Fsp3) is 0.409. The largest absolute Gasteiger partial charge is 0.337 e. The highest BCUT2D eigenvalue weighted by molar-refractivity contribution is 7.89. The molecule has 0 atom stereocenters. The summed E-state index contributed by atoms with van der Waals surface area (Å²) in [4.78, 5) is 14.6. The zero-order chi connectivity index (χ0) is 21.1. The zero-order valence-corrected chi connectivity index (χ0v) is 18.1. The smallest absolute Gasteiger partial charge is 0.317 e. The number of carbonyl (C=O) groups excluding carboxylic acids is 1. The topological polar surface area (TPSA) is 69.7 Å². The number of sulfonamides is 1. The Balaban J connectivity index is 1.56. The SMILES string of the molecule is Cc1ccccc1C(C)(C)CNC(=O)N1CCN(S(=O)(=O)c2ccccc2)CC1. The van der Waals surface area contributed by atoms with Crippen molar-refractivity contribution in [3.63, 3.8) is 0 Å². The van der Waals surface area contributed by atoms with Crippen molar-refractivity contribution < 1.29 is 13.2 Å². The lowest BCUT2D eigenvalue weighted by atomic mass is 9.82. The number of aryl methyl sites for hydroxylation is 1. The summed E-state index contributed by atoms with van der Waals surface area (Å²) in [5.41, 5.74) is 2.21. The van der Waals surface area contributed by atoms with E-state index in [1.807, 2.05) is 12.1 Å². The molecule has 1 saturated heterocycles. The summed E-state index contributed by atoms with van der Waals surface area (Å²) in [5.74, 6) is 0. The summed E-state index contributed by atoms with van der Waals surface area (Å²) >= 11 is 0. The maximum absolute atomic E-state index is 12.7. The normalized spacial score (nSPS) is 15.9. The van der Waals surface area contributed by atoms with Gasteiger partial charge >= 0.3 is 6.03 Å². The number of rotatable bonds is 5. The Morgan fingerprint density at radius 3 is 2.17 bits per heavy atom. The van der Waals surface area contributed by atoms with Crippen LogP contribution in [0.2, 0.25) is 0 Å². The van der Waals surface area contributed by atoms with Crippen molar-refractivity contribution in [3.05, 3.63) is 65.7 Å². The number of nitrogens with one attached hydrogen (secondary N) is 1. The van der Waals surface area contributed by atoms with E-state index in [1.54, 1.807) is 35.2 Å². The molecule has 0 aliphatic carbocycles. The summed E-state index contributed by atoms with van der Waals surface area (Å²) in [6, 6.07) is 16.5.